The Bertz CT molecular complexity index is 707. The van der Waals surface area contributed by atoms with Crippen molar-refractivity contribution in [3.05, 3.63) is 12.5 Å². The van der Waals surface area contributed by atoms with E-state index in [1.807, 2.05) is 7.05 Å². The zero-order chi connectivity index (χ0) is 15.1. The number of aromatic nitrogens is 4. The minimum atomic E-state index is 0.0519. The van der Waals surface area contributed by atoms with Gasteiger partial charge in [0.1, 0.15) is 12.1 Å². The summed E-state index contributed by atoms with van der Waals surface area (Å²) >= 11 is 0. The molecule has 1 unspecified atom stereocenters. The van der Waals surface area contributed by atoms with Gasteiger partial charge in [0, 0.05) is 26.2 Å². The first kappa shape index (κ1) is 13.5. The van der Waals surface area contributed by atoms with Crippen LogP contribution in [0.3, 0.4) is 0 Å². The molecule has 7 heteroatoms. The number of nitrogens with one attached hydrogen (secondary N) is 1. The highest BCUT2D eigenvalue weighted by molar-refractivity contribution is 5.87. The van der Waals surface area contributed by atoms with Crippen LogP contribution in [0.1, 0.15) is 25.7 Å². The topological polar surface area (TPSA) is 75.9 Å². The number of rotatable bonds is 3. The van der Waals surface area contributed by atoms with Gasteiger partial charge in [0.25, 0.3) is 0 Å². The predicted octanol–water partition coefficient (Wildman–Crippen LogP) is 0.858. The van der Waals surface area contributed by atoms with Crippen molar-refractivity contribution in [2.75, 3.05) is 18.0 Å². The standard InChI is InChI=1S/C15H20N6O/c1-20-13-12(7-18-20)14(17-9-16-13)21-6-2-3-10(8-21)15(22)19-11-4-5-11/h7,9-11H,2-6,8H2,1H3,(H,19,22). The van der Waals surface area contributed by atoms with Crippen molar-refractivity contribution in [1.82, 2.24) is 25.1 Å². The molecule has 0 bridgehead atoms. The summed E-state index contributed by atoms with van der Waals surface area (Å²) in [6.07, 6.45) is 7.60. The molecule has 7 nitrogen and oxygen atoms in total. The first-order valence-electron chi connectivity index (χ1n) is 7.90. The van der Waals surface area contributed by atoms with Crippen LogP contribution in [-0.2, 0) is 11.8 Å². The zero-order valence-electron chi connectivity index (χ0n) is 12.7. The summed E-state index contributed by atoms with van der Waals surface area (Å²) in [5, 5.41) is 8.34. The molecule has 1 saturated heterocycles. The molecule has 116 valence electrons. The summed E-state index contributed by atoms with van der Waals surface area (Å²) in [5.74, 6) is 1.14. The van der Waals surface area contributed by atoms with E-state index in [1.165, 1.54) is 0 Å². The number of hydrogen-bond donors (Lipinski definition) is 1. The Balaban J connectivity index is 1.56. The van der Waals surface area contributed by atoms with Crippen molar-refractivity contribution < 1.29 is 4.79 Å². The smallest absolute Gasteiger partial charge is 0.225 e. The van der Waals surface area contributed by atoms with Crippen molar-refractivity contribution >= 4 is 22.8 Å². The molecular formula is C15H20N6O. The summed E-state index contributed by atoms with van der Waals surface area (Å²) in [6.45, 7) is 1.65. The fourth-order valence-electron chi connectivity index (χ4n) is 3.13. The lowest BCUT2D eigenvalue weighted by Gasteiger charge is -2.33. The third-order valence-electron chi connectivity index (χ3n) is 4.52. The van der Waals surface area contributed by atoms with Crippen LogP contribution in [0.2, 0.25) is 0 Å². The van der Waals surface area contributed by atoms with Crippen LogP contribution in [-0.4, -0.2) is 44.8 Å². The molecule has 0 aromatic carbocycles. The van der Waals surface area contributed by atoms with Gasteiger partial charge in [-0.25, -0.2) is 9.97 Å². The van der Waals surface area contributed by atoms with E-state index >= 15 is 0 Å². The van der Waals surface area contributed by atoms with E-state index in [0.29, 0.717) is 6.04 Å². The van der Waals surface area contributed by atoms with Gasteiger partial charge in [-0.1, -0.05) is 0 Å². The molecule has 1 amide bonds. The molecule has 1 saturated carbocycles. The molecule has 4 rings (SSSR count). The normalized spacial score (nSPS) is 22.0. The molecule has 0 radical (unpaired) electrons. The first-order chi connectivity index (χ1) is 10.7. The van der Waals surface area contributed by atoms with E-state index in [9.17, 15) is 4.79 Å². The highest BCUT2D eigenvalue weighted by Crippen LogP contribution is 2.28. The Morgan fingerprint density at radius 1 is 1.32 bits per heavy atom. The fourth-order valence-corrected chi connectivity index (χ4v) is 3.13. The third kappa shape index (κ3) is 2.40. The number of fused-ring (bicyclic) bond motifs is 1. The van der Waals surface area contributed by atoms with Gasteiger partial charge in [-0.05, 0) is 25.7 Å². The summed E-state index contributed by atoms with van der Waals surface area (Å²) in [5.41, 5.74) is 0.828. The van der Waals surface area contributed by atoms with Gasteiger partial charge in [0.15, 0.2) is 5.65 Å². The van der Waals surface area contributed by atoms with Crippen molar-refractivity contribution in [3.8, 4) is 0 Å². The zero-order valence-corrected chi connectivity index (χ0v) is 12.7. The highest BCUT2D eigenvalue weighted by atomic mass is 16.2. The maximum absolute atomic E-state index is 12.3. The second-order valence-corrected chi connectivity index (χ2v) is 6.27. The van der Waals surface area contributed by atoms with Gasteiger partial charge < -0.3 is 10.2 Å². The summed E-state index contributed by atoms with van der Waals surface area (Å²) in [4.78, 5) is 23.2. The van der Waals surface area contributed by atoms with Crippen LogP contribution < -0.4 is 10.2 Å². The van der Waals surface area contributed by atoms with Crippen molar-refractivity contribution in [2.24, 2.45) is 13.0 Å². The van der Waals surface area contributed by atoms with Gasteiger partial charge in [0.2, 0.25) is 5.91 Å². The average molecular weight is 300 g/mol. The lowest BCUT2D eigenvalue weighted by atomic mass is 9.97. The Hall–Kier alpha value is -2.18. The van der Waals surface area contributed by atoms with Crippen LogP contribution in [0.4, 0.5) is 5.82 Å². The van der Waals surface area contributed by atoms with Crippen molar-refractivity contribution in [1.29, 1.82) is 0 Å². The third-order valence-corrected chi connectivity index (χ3v) is 4.52. The van der Waals surface area contributed by atoms with Gasteiger partial charge in [0.05, 0.1) is 17.5 Å². The Morgan fingerprint density at radius 2 is 2.18 bits per heavy atom. The first-order valence-corrected chi connectivity index (χ1v) is 7.90. The molecule has 0 spiro atoms. The lowest BCUT2D eigenvalue weighted by Crippen LogP contribution is -2.44. The van der Waals surface area contributed by atoms with E-state index in [4.69, 9.17) is 0 Å². The Kier molecular flexibility index (Phi) is 3.20. The maximum Gasteiger partial charge on any atom is 0.225 e. The molecule has 1 aliphatic heterocycles. The molecule has 1 aliphatic carbocycles. The number of carbonyl (C=O) groups is 1. The van der Waals surface area contributed by atoms with Crippen LogP contribution in [0.5, 0.6) is 0 Å². The number of hydrogen-bond acceptors (Lipinski definition) is 5. The summed E-state index contributed by atoms with van der Waals surface area (Å²) in [7, 11) is 1.88. The minimum absolute atomic E-state index is 0.0519. The number of anilines is 1. The monoisotopic (exact) mass is 300 g/mol. The van der Waals surface area contributed by atoms with Gasteiger partial charge in [-0.3, -0.25) is 9.48 Å². The molecule has 2 aromatic rings. The molecule has 3 heterocycles. The second kappa shape index (κ2) is 5.23. The van der Waals surface area contributed by atoms with Crippen LogP contribution >= 0.6 is 0 Å². The van der Waals surface area contributed by atoms with E-state index in [-0.39, 0.29) is 11.8 Å². The molecule has 2 fully saturated rings. The molecule has 1 N–H and O–H groups in total. The van der Waals surface area contributed by atoms with Crippen LogP contribution in [0, 0.1) is 5.92 Å². The fraction of sp³-hybridized carbons (Fsp3) is 0.600. The lowest BCUT2D eigenvalue weighted by molar-refractivity contribution is -0.125. The second-order valence-electron chi connectivity index (χ2n) is 6.27. The number of amides is 1. The molecule has 2 aromatic heterocycles. The summed E-state index contributed by atoms with van der Waals surface area (Å²) < 4.78 is 1.75. The number of piperidine rings is 1. The quantitative estimate of drug-likeness (QED) is 0.910. The van der Waals surface area contributed by atoms with Gasteiger partial charge >= 0.3 is 0 Å². The Morgan fingerprint density at radius 3 is 3.00 bits per heavy atom. The van der Waals surface area contributed by atoms with Gasteiger partial charge in [-0.15, -0.1) is 0 Å². The molecular weight excluding hydrogens is 280 g/mol. The number of carbonyl (C=O) groups excluding carboxylic acids is 1. The highest BCUT2D eigenvalue weighted by Gasteiger charge is 2.31. The van der Waals surface area contributed by atoms with E-state index < -0.39 is 0 Å². The average Bonchev–Trinajstić information content (AvgIpc) is 3.28. The minimum Gasteiger partial charge on any atom is -0.355 e. The van der Waals surface area contributed by atoms with Crippen LogP contribution in [0.15, 0.2) is 12.5 Å². The number of aryl methyl sites for hydroxylation is 1. The largest absolute Gasteiger partial charge is 0.355 e. The molecule has 1 atom stereocenters. The van der Waals surface area contributed by atoms with E-state index in [1.54, 1.807) is 17.2 Å². The van der Waals surface area contributed by atoms with E-state index in [0.717, 1.165) is 55.6 Å². The SMILES string of the molecule is Cn1ncc2c(N3CCCC(C(=O)NC4CC4)C3)ncnc21. The van der Waals surface area contributed by atoms with Crippen LogP contribution in [0.25, 0.3) is 11.0 Å². The predicted molar refractivity (Wildman–Crippen MR) is 82.4 cm³/mol. The molecule has 2 aliphatic rings. The maximum atomic E-state index is 12.3. The van der Waals surface area contributed by atoms with Gasteiger partial charge in [-0.2, -0.15) is 5.10 Å². The van der Waals surface area contributed by atoms with E-state index in [2.05, 4.69) is 25.3 Å². The molecule has 22 heavy (non-hydrogen) atoms. The number of nitrogens with zero attached hydrogens (tertiary/aromatic N) is 5. The van der Waals surface area contributed by atoms with Crippen molar-refractivity contribution in [2.45, 2.75) is 31.7 Å². The van der Waals surface area contributed by atoms with Crippen molar-refractivity contribution in [3.63, 3.8) is 0 Å². The Labute approximate surface area is 128 Å². The summed E-state index contributed by atoms with van der Waals surface area (Å²) in [6, 6.07) is 0.423.